The zero-order valence-electron chi connectivity index (χ0n) is 9.02. The molecule has 2 rings (SSSR count). The Kier molecular flexibility index (Phi) is 3.27. The summed E-state index contributed by atoms with van der Waals surface area (Å²) in [5.41, 5.74) is 7.12. The van der Waals surface area contributed by atoms with E-state index in [9.17, 15) is 5.11 Å². The highest BCUT2D eigenvalue weighted by molar-refractivity contribution is 5.27. The number of benzene rings is 1. The molecule has 1 aliphatic rings. The van der Waals surface area contributed by atoms with E-state index in [-0.39, 0.29) is 0 Å². The largest absolute Gasteiger partial charge is 0.508 e. The summed E-state index contributed by atoms with van der Waals surface area (Å²) in [6.45, 7) is 0. The highest BCUT2D eigenvalue weighted by Crippen LogP contribution is 2.27. The van der Waals surface area contributed by atoms with Crippen LogP contribution in [0.1, 0.15) is 31.2 Å². The van der Waals surface area contributed by atoms with Crippen LogP contribution in [0.2, 0.25) is 0 Å². The van der Waals surface area contributed by atoms with Crippen LogP contribution in [-0.2, 0) is 6.42 Å². The fourth-order valence-electron chi connectivity index (χ4n) is 2.41. The molecule has 1 aromatic carbocycles. The first-order valence-corrected chi connectivity index (χ1v) is 5.77. The third-order valence-electron chi connectivity index (χ3n) is 3.33. The molecule has 1 aliphatic carbocycles. The Morgan fingerprint density at radius 1 is 1.20 bits per heavy atom. The van der Waals surface area contributed by atoms with Crippen molar-refractivity contribution in [2.24, 2.45) is 11.7 Å². The summed E-state index contributed by atoms with van der Waals surface area (Å²) in [5, 5.41) is 9.36. The van der Waals surface area contributed by atoms with E-state index in [1.165, 1.54) is 18.4 Å². The smallest absolute Gasteiger partial charge is 0.115 e. The van der Waals surface area contributed by atoms with Gasteiger partial charge in [0.25, 0.3) is 0 Å². The average Bonchev–Trinajstić information content (AvgIpc) is 2.22. The fourth-order valence-corrected chi connectivity index (χ4v) is 2.41. The lowest BCUT2D eigenvalue weighted by atomic mass is 9.83. The molecule has 2 heteroatoms. The monoisotopic (exact) mass is 205 g/mol. The molecular weight excluding hydrogens is 186 g/mol. The van der Waals surface area contributed by atoms with Crippen LogP contribution in [0.4, 0.5) is 0 Å². The molecule has 3 N–H and O–H groups in total. The van der Waals surface area contributed by atoms with Crippen LogP contribution in [0.3, 0.4) is 0 Å². The molecule has 0 aromatic heterocycles. The zero-order chi connectivity index (χ0) is 10.7. The number of hydrogen-bond donors (Lipinski definition) is 2. The lowest BCUT2D eigenvalue weighted by molar-refractivity contribution is 0.324. The van der Waals surface area contributed by atoms with Crippen LogP contribution in [0, 0.1) is 5.92 Å². The second kappa shape index (κ2) is 4.67. The van der Waals surface area contributed by atoms with Gasteiger partial charge in [-0.1, -0.05) is 12.1 Å². The third kappa shape index (κ3) is 2.96. The molecular formula is C13H19NO. The Morgan fingerprint density at radius 2 is 1.93 bits per heavy atom. The molecule has 1 aromatic rings. The summed E-state index contributed by atoms with van der Waals surface area (Å²) in [5.74, 6) is 1.13. The summed E-state index contributed by atoms with van der Waals surface area (Å²) in [6.07, 6.45) is 5.86. The van der Waals surface area contributed by atoms with Gasteiger partial charge in [-0.05, 0) is 55.7 Å². The van der Waals surface area contributed by atoms with Gasteiger partial charge in [0.1, 0.15) is 5.75 Å². The number of aromatic hydroxyl groups is 1. The van der Waals surface area contributed by atoms with Crippen molar-refractivity contribution in [1.29, 1.82) is 0 Å². The fraction of sp³-hybridized carbons (Fsp3) is 0.538. The van der Waals surface area contributed by atoms with Gasteiger partial charge >= 0.3 is 0 Å². The molecule has 0 saturated heterocycles. The van der Waals surface area contributed by atoms with Crippen molar-refractivity contribution in [2.45, 2.75) is 38.1 Å². The van der Waals surface area contributed by atoms with Crippen molar-refractivity contribution in [3.63, 3.8) is 0 Å². The van der Waals surface area contributed by atoms with Gasteiger partial charge in [-0.3, -0.25) is 0 Å². The summed E-state index contributed by atoms with van der Waals surface area (Å²) < 4.78 is 0. The number of rotatable bonds is 2. The van der Waals surface area contributed by atoms with Gasteiger partial charge in [-0.2, -0.15) is 0 Å². The van der Waals surface area contributed by atoms with E-state index >= 15 is 0 Å². The van der Waals surface area contributed by atoms with E-state index in [2.05, 4.69) is 6.07 Å². The van der Waals surface area contributed by atoms with E-state index < -0.39 is 0 Å². The first kappa shape index (κ1) is 10.5. The van der Waals surface area contributed by atoms with Crippen molar-refractivity contribution < 1.29 is 5.11 Å². The lowest BCUT2D eigenvalue weighted by Gasteiger charge is -2.26. The van der Waals surface area contributed by atoms with Gasteiger partial charge in [0, 0.05) is 6.04 Å². The van der Waals surface area contributed by atoms with Gasteiger partial charge < -0.3 is 10.8 Å². The van der Waals surface area contributed by atoms with Crippen LogP contribution < -0.4 is 5.73 Å². The molecule has 0 atom stereocenters. The lowest BCUT2D eigenvalue weighted by Crippen LogP contribution is -2.27. The Bertz CT molecular complexity index is 316. The predicted octanol–water partition coefficient (Wildman–Crippen LogP) is 2.45. The maximum Gasteiger partial charge on any atom is 0.115 e. The molecule has 0 spiro atoms. The molecule has 0 aliphatic heterocycles. The van der Waals surface area contributed by atoms with Crippen molar-refractivity contribution in [2.75, 3.05) is 0 Å². The molecule has 2 nitrogen and oxygen atoms in total. The molecule has 1 fully saturated rings. The molecule has 0 heterocycles. The van der Waals surface area contributed by atoms with Gasteiger partial charge in [-0.25, -0.2) is 0 Å². The summed E-state index contributed by atoms with van der Waals surface area (Å²) in [7, 11) is 0. The minimum Gasteiger partial charge on any atom is -0.508 e. The highest BCUT2D eigenvalue weighted by atomic mass is 16.3. The molecule has 0 radical (unpaired) electrons. The summed E-state index contributed by atoms with van der Waals surface area (Å²) >= 11 is 0. The minimum absolute atomic E-state index is 0.375. The van der Waals surface area contributed by atoms with Crippen molar-refractivity contribution in [3.8, 4) is 5.75 Å². The number of hydrogen-bond acceptors (Lipinski definition) is 2. The Balaban J connectivity index is 1.92. The molecule has 0 bridgehead atoms. The second-order valence-corrected chi connectivity index (χ2v) is 4.65. The van der Waals surface area contributed by atoms with Crippen LogP contribution in [0.25, 0.3) is 0 Å². The van der Waals surface area contributed by atoms with E-state index in [4.69, 9.17) is 5.73 Å². The highest BCUT2D eigenvalue weighted by Gasteiger charge is 2.18. The number of nitrogens with two attached hydrogens (primary N) is 1. The number of phenols is 1. The summed E-state index contributed by atoms with van der Waals surface area (Å²) in [6, 6.07) is 8.02. The molecule has 0 unspecified atom stereocenters. The maximum absolute atomic E-state index is 9.36. The normalized spacial score (nSPS) is 26.5. The first-order chi connectivity index (χ1) is 7.24. The SMILES string of the molecule is NC1CCC(Cc2cccc(O)c2)CC1. The van der Waals surface area contributed by atoms with Gasteiger partial charge in [0.05, 0.1) is 0 Å². The minimum atomic E-state index is 0.375. The summed E-state index contributed by atoms with van der Waals surface area (Å²) in [4.78, 5) is 0. The van der Waals surface area contributed by atoms with Crippen LogP contribution in [0.15, 0.2) is 24.3 Å². The van der Waals surface area contributed by atoms with Gasteiger partial charge in [0.15, 0.2) is 0 Å². The van der Waals surface area contributed by atoms with Crippen molar-refractivity contribution >= 4 is 0 Å². The molecule has 82 valence electrons. The maximum atomic E-state index is 9.36. The van der Waals surface area contributed by atoms with Gasteiger partial charge in [0.2, 0.25) is 0 Å². The first-order valence-electron chi connectivity index (χ1n) is 5.77. The van der Waals surface area contributed by atoms with Crippen LogP contribution in [-0.4, -0.2) is 11.1 Å². The average molecular weight is 205 g/mol. The molecule has 0 amide bonds. The second-order valence-electron chi connectivity index (χ2n) is 4.65. The van der Waals surface area contributed by atoms with E-state index in [1.54, 1.807) is 6.07 Å². The van der Waals surface area contributed by atoms with E-state index in [0.717, 1.165) is 25.2 Å². The topological polar surface area (TPSA) is 46.2 Å². The Hall–Kier alpha value is -1.02. The van der Waals surface area contributed by atoms with Crippen LogP contribution in [0.5, 0.6) is 5.75 Å². The standard InChI is InChI=1S/C13H19NO/c14-12-6-4-10(5-7-12)8-11-2-1-3-13(15)9-11/h1-3,9-10,12,15H,4-8,14H2. The van der Waals surface area contributed by atoms with Crippen molar-refractivity contribution in [1.82, 2.24) is 0 Å². The Labute approximate surface area is 91.1 Å². The molecule has 15 heavy (non-hydrogen) atoms. The number of phenolic OH excluding ortho intramolecular Hbond substituents is 1. The Morgan fingerprint density at radius 3 is 2.60 bits per heavy atom. The zero-order valence-corrected chi connectivity index (χ0v) is 9.02. The van der Waals surface area contributed by atoms with E-state index in [0.29, 0.717) is 11.8 Å². The van der Waals surface area contributed by atoms with E-state index in [1.807, 2.05) is 12.1 Å². The van der Waals surface area contributed by atoms with Gasteiger partial charge in [-0.15, -0.1) is 0 Å². The molecule has 1 saturated carbocycles. The quantitative estimate of drug-likeness (QED) is 0.779. The predicted molar refractivity (Wildman–Crippen MR) is 61.7 cm³/mol. The van der Waals surface area contributed by atoms with Crippen LogP contribution >= 0.6 is 0 Å². The third-order valence-corrected chi connectivity index (χ3v) is 3.33. The van der Waals surface area contributed by atoms with Crippen molar-refractivity contribution in [3.05, 3.63) is 29.8 Å².